The van der Waals surface area contributed by atoms with E-state index in [1.807, 2.05) is 18.2 Å². The number of hydrogen-bond acceptors (Lipinski definition) is 4. The third-order valence-corrected chi connectivity index (χ3v) is 6.03. The molecule has 5 rings (SSSR count). The number of benzene rings is 2. The Morgan fingerprint density at radius 3 is 2.46 bits per heavy atom. The van der Waals surface area contributed by atoms with Gasteiger partial charge in [-0.15, -0.1) is 0 Å². The van der Waals surface area contributed by atoms with E-state index in [2.05, 4.69) is 34.5 Å². The van der Waals surface area contributed by atoms with Crippen LogP contribution in [0.25, 0.3) is 0 Å². The van der Waals surface area contributed by atoms with Crippen LogP contribution in [0.1, 0.15) is 19.3 Å². The molecule has 1 aliphatic carbocycles. The molecule has 2 aromatic rings. The number of amides is 1. The zero-order valence-corrected chi connectivity index (χ0v) is 15.0. The average Bonchev–Trinajstić information content (AvgIpc) is 2.57. The lowest BCUT2D eigenvalue weighted by molar-refractivity contribution is -0.120. The molecule has 2 aromatic carbocycles. The molecule has 1 saturated carbocycles. The van der Waals surface area contributed by atoms with Crippen molar-refractivity contribution in [3.63, 3.8) is 0 Å². The summed E-state index contributed by atoms with van der Waals surface area (Å²) in [5, 5.41) is 3.42. The van der Waals surface area contributed by atoms with Crippen molar-refractivity contribution < 1.29 is 9.53 Å². The number of anilines is 4. The van der Waals surface area contributed by atoms with Gasteiger partial charge in [-0.3, -0.25) is 4.79 Å². The Labute approximate surface area is 153 Å². The summed E-state index contributed by atoms with van der Waals surface area (Å²) in [6.07, 6.45) is 4.22. The molecule has 2 fully saturated rings. The topological polar surface area (TPSA) is 44.8 Å². The van der Waals surface area contributed by atoms with E-state index < -0.39 is 0 Å². The minimum absolute atomic E-state index is 0.0246. The van der Waals surface area contributed by atoms with Crippen LogP contribution in [0.3, 0.4) is 0 Å². The van der Waals surface area contributed by atoms with Crippen LogP contribution >= 0.6 is 0 Å². The minimum Gasteiger partial charge on any atom is -0.481 e. The number of fused-ring (bicyclic) bond motifs is 1. The Balaban J connectivity index is 1.27. The second kappa shape index (κ2) is 5.66. The molecular weight excluding hydrogens is 326 g/mol. The van der Waals surface area contributed by atoms with Gasteiger partial charge in [0.25, 0.3) is 5.91 Å². The maximum absolute atomic E-state index is 11.7. The van der Waals surface area contributed by atoms with E-state index >= 15 is 0 Å². The van der Waals surface area contributed by atoms with E-state index in [9.17, 15) is 4.79 Å². The molecule has 1 spiro atoms. The molecule has 134 valence electrons. The maximum atomic E-state index is 11.7. The highest BCUT2D eigenvalue weighted by Gasteiger charge is 2.47. The Morgan fingerprint density at radius 2 is 1.77 bits per heavy atom. The molecule has 5 nitrogen and oxygen atoms in total. The van der Waals surface area contributed by atoms with Gasteiger partial charge < -0.3 is 19.9 Å². The summed E-state index contributed by atoms with van der Waals surface area (Å²) in [5.74, 6) is 0.712. The third kappa shape index (κ3) is 2.50. The number of nitrogens with one attached hydrogen (secondary N) is 1. The molecule has 0 unspecified atom stereocenters. The number of likely N-dealkylation sites (N-methyl/N-ethyl adjacent to an activating group) is 1. The van der Waals surface area contributed by atoms with Crippen molar-refractivity contribution in [1.29, 1.82) is 0 Å². The predicted octanol–water partition coefficient (Wildman–Crippen LogP) is 3.78. The summed E-state index contributed by atoms with van der Waals surface area (Å²) in [7, 11) is 1.78. The van der Waals surface area contributed by atoms with Crippen LogP contribution in [0.15, 0.2) is 42.5 Å². The first kappa shape index (κ1) is 15.6. The smallest absolute Gasteiger partial charge is 0.264 e. The van der Waals surface area contributed by atoms with Crippen molar-refractivity contribution in [2.24, 2.45) is 5.41 Å². The van der Waals surface area contributed by atoms with E-state index in [0.717, 1.165) is 22.8 Å². The lowest BCUT2D eigenvalue weighted by Gasteiger charge is -2.57. The Hall–Kier alpha value is -2.69. The first-order valence-electron chi connectivity index (χ1n) is 9.27. The van der Waals surface area contributed by atoms with E-state index in [-0.39, 0.29) is 12.5 Å². The van der Waals surface area contributed by atoms with Gasteiger partial charge in [0.1, 0.15) is 5.75 Å². The molecule has 0 aromatic heterocycles. The van der Waals surface area contributed by atoms with Crippen molar-refractivity contribution in [3.05, 3.63) is 42.5 Å². The largest absolute Gasteiger partial charge is 0.481 e. The molecule has 2 heterocycles. The minimum atomic E-state index is -0.0246. The zero-order chi connectivity index (χ0) is 17.7. The highest BCUT2D eigenvalue weighted by molar-refractivity contribution is 5.97. The van der Waals surface area contributed by atoms with E-state index in [0.29, 0.717) is 5.41 Å². The van der Waals surface area contributed by atoms with Crippen molar-refractivity contribution in [2.45, 2.75) is 19.3 Å². The summed E-state index contributed by atoms with van der Waals surface area (Å²) in [4.78, 5) is 15.8. The zero-order valence-electron chi connectivity index (χ0n) is 15.0. The third-order valence-electron chi connectivity index (χ3n) is 6.03. The van der Waals surface area contributed by atoms with Gasteiger partial charge in [-0.1, -0.05) is 6.42 Å². The Kier molecular flexibility index (Phi) is 3.39. The summed E-state index contributed by atoms with van der Waals surface area (Å²) < 4.78 is 5.55. The molecule has 5 heteroatoms. The van der Waals surface area contributed by atoms with E-state index in [1.165, 1.54) is 38.0 Å². The molecule has 0 bridgehead atoms. The first-order valence-corrected chi connectivity index (χ1v) is 9.27. The van der Waals surface area contributed by atoms with Crippen molar-refractivity contribution in [2.75, 3.05) is 41.9 Å². The monoisotopic (exact) mass is 349 g/mol. The van der Waals surface area contributed by atoms with Gasteiger partial charge in [-0.2, -0.15) is 0 Å². The van der Waals surface area contributed by atoms with Crippen LogP contribution in [0.2, 0.25) is 0 Å². The number of carbonyl (C=O) groups excluding carboxylic acids is 1. The lowest BCUT2D eigenvalue weighted by atomic mass is 9.63. The lowest BCUT2D eigenvalue weighted by Crippen LogP contribution is -2.59. The van der Waals surface area contributed by atoms with Crippen molar-refractivity contribution in [1.82, 2.24) is 0 Å². The normalized spacial score (nSPS) is 20.1. The van der Waals surface area contributed by atoms with Crippen LogP contribution in [-0.4, -0.2) is 32.7 Å². The van der Waals surface area contributed by atoms with Crippen LogP contribution < -0.4 is 19.9 Å². The molecule has 3 aliphatic rings. The van der Waals surface area contributed by atoms with Crippen LogP contribution in [0, 0.1) is 5.41 Å². The standard InChI is InChI=1S/C21H23N3O2/c1-23-18-8-5-16(11-19(18)26-12-20(23)25)22-15-3-6-17(7-4-15)24-13-21(14-24)9-2-10-21/h3-8,11,22H,2,9-10,12-14H2,1H3. The van der Waals surface area contributed by atoms with Crippen molar-refractivity contribution >= 4 is 28.7 Å². The number of hydrogen-bond donors (Lipinski definition) is 1. The highest BCUT2D eigenvalue weighted by atomic mass is 16.5. The van der Waals surface area contributed by atoms with Gasteiger partial charge in [0.15, 0.2) is 6.61 Å². The Morgan fingerprint density at radius 1 is 1.04 bits per heavy atom. The molecule has 1 saturated heterocycles. The molecule has 0 radical (unpaired) electrons. The number of ether oxygens (including phenoxy) is 1. The number of carbonyl (C=O) groups is 1. The van der Waals surface area contributed by atoms with Crippen LogP contribution in [0.4, 0.5) is 22.7 Å². The molecular formula is C21H23N3O2. The van der Waals surface area contributed by atoms with Gasteiger partial charge in [0.05, 0.1) is 5.69 Å². The maximum Gasteiger partial charge on any atom is 0.264 e. The second-order valence-corrected chi connectivity index (χ2v) is 7.81. The van der Waals surface area contributed by atoms with Crippen molar-refractivity contribution in [3.8, 4) is 5.75 Å². The number of nitrogens with zero attached hydrogens (tertiary/aromatic N) is 2. The van der Waals surface area contributed by atoms with Gasteiger partial charge in [0, 0.05) is 48.7 Å². The predicted molar refractivity (Wildman–Crippen MR) is 104 cm³/mol. The quantitative estimate of drug-likeness (QED) is 0.916. The fraction of sp³-hybridized carbons (Fsp3) is 0.381. The highest BCUT2D eigenvalue weighted by Crippen LogP contribution is 2.49. The van der Waals surface area contributed by atoms with Crippen LogP contribution in [0.5, 0.6) is 5.75 Å². The molecule has 2 aliphatic heterocycles. The first-order chi connectivity index (χ1) is 12.6. The van der Waals surface area contributed by atoms with E-state index in [4.69, 9.17) is 4.74 Å². The van der Waals surface area contributed by atoms with Gasteiger partial charge >= 0.3 is 0 Å². The molecule has 0 atom stereocenters. The van der Waals surface area contributed by atoms with Gasteiger partial charge in [-0.05, 0) is 49.2 Å². The average molecular weight is 349 g/mol. The summed E-state index contributed by atoms with van der Waals surface area (Å²) in [6, 6.07) is 14.5. The SMILES string of the molecule is CN1C(=O)COc2cc(Nc3ccc(N4CC5(CCC5)C4)cc3)ccc21. The fourth-order valence-corrected chi connectivity index (χ4v) is 4.22. The fourth-order valence-electron chi connectivity index (χ4n) is 4.22. The molecule has 26 heavy (non-hydrogen) atoms. The second-order valence-electron chi connectivity index (χ2n) is 7.81. The molecule has 1 amide bonds. The number of rotatable bonds is 3. The van der Waals surface area contributed by atoms with Crippen LogP contribution in [-0.2, 0) is 4.79 Å². The summed E-state index contributed by atoms with van der Waals surface area (Å²) in [6.45, 7) is 2.53. The molecule has 1 N–H and O–H groups in total. The van der Waals surface area contributed by atoms with E-state index in [1.54, 1.807) is 11.9 Å². The summed E-state index contributed by atoms with van der Waals surface area (Å²) in [5.41, 5.74) is 4.77. The summed E-state index contributed by atoms with van der Waals surface area (Å²) >= 11 is 0. The van der Waals surface area contributed by atoms with Gasteiger partial charge in [-0.25, -0.2) is 0 Å². The van der Waals surface area contributed by atoms with Gasteiger partial charge in [0.2, 0.25) is 0 Å². The Bertz CT molecular complexity index is 850.